The zero-order valence-electron chi connectivity index (χ0n) is 13.5. The first-order chi connectivity index (χ1) is 11.6. The van der Waals surface area contributed by atoms with Crippen molar-refractivity contribution in [2.75, 3.05) is 13.2 Å². The maximum absolute atomic E-state index is 12.8. The molecule has 8 heteroatoms. The second kappa shape index (κ2) is 6.03. The van der Waals surface area contributed by atoms with Crippen LogP contribution in [0.4, 0.5) is 0 Å². The van der Waals surface area contributed by atoms with E-state index < -0.39 is 6.10 Å². The number of aliphatic hydroxyl groups excluding tert-OH is 1. The number of aryl methyl sites for hydroxylation is 1. The Kier molecular flexibility index (Phi) is 3.85. The van der Waals surface area contributed by atoms with E-state index >= 15 is 0 Å². The Morgan fingerprint density at radius 1 is 1.42 bits per heavy atom. The van der Waals surface area contributed by atoms with Crippen molar-refractivity contribution in [1.82, 2.24) is 19.9 Å². The van der Waals surface area contributed by atoms with E-state index in [4.69, 9.17) is 9.15 Å². The summed E-state index contributed by atoms with van der Waals surface area (Å²) in [5.41, 5.74) is 0.282. The molecule has 0 spiro atoms. The molecule has 24 heavy (non-hydrogen) atoms. The molecule has 0 aromatic carbocycles. The normalized spacial score (nSPS) is 23.6. The lowest BCUT2D eigenvalue weighted by Gasteiger charge is -2.19. The highest BCUT2D eigenvalue weighted by molar-refractivity contribution is 5.92. The van der Waals surface area contributed by atoms with Crippen LogP contribution in [0.2, 0.25) is 0 Å². The van der Waals surface area contributed by atoms with Crippen LogP contribution in [0.5, 0.6) is 0 Å². The molecule has 2 fully saturated rings. The molecule has 1 saturated heterocycles. The van der Waals surface area contributed by atoms with E-state index in [9.17, 15) is 9.90 Å². The van der Waals surface area contributed by atoms with Crippen molar-refractivity contribution >= 4 is 5.91 Å². The van der Waals surface area contributed by atoms with Gasteiger partial charge < -0.3 is 19.2 Å². The standard InChI is InChI=1S/C16H20N4O4/c1-10-2-5-12(24-10)6-19(11-3-4-11)16(22)13-7-20(18-17-13)14-8-23-9-15(14)21/h2,5,7,11,14-15,21H,3-4,6,8-9H2,1H3/t14-,15-/m1/s1. The minimum absolute atomic E-state index is 0.161. The van der Waals surface area contributed by atoms with Gasteiger partial charge in [0.1, 0.15) is 23.7 Å². The van der Waals surface area contributed by atoms with Crippen molar-refractivity contribution in [2.45, 2.75) is 44.5 Å². The lowest BCUT2D eigenvalue weighted by atomic mass is 10.2. The van der Waals surface area contributed by atoms with E-state index in [1.807, 2.05) is 19.1 Å². The van der Waals surface area contributed by atoms with Crippen LogP contribution in [0.25, 0.3) is 0 Å². The summed E-state index contributed by atoms with van der Waals surface area (Å²) in [4.78, 5) is 14.6. The second-order valence-electron chi connectivity index (χ2n) is 6.43. The van der Waals surface area contributed by atoms with Crippen molar-refractivity contribution in [3.05, 3.63) is 35.5 Å². The van der Waals surface area contributed by atoms with Gasteiger partial charge in [-0.15, -0.1) is 5.10 Å². The number of rotatable bonds is 5. The van der Waals surface area contributed by atoms with Crippen LogP contribution >= 0.6 is 0 Å². The topological polar surface area (TPSA) is 93.6 Å². The average Bonchev–Trinajstić information content (AvgIpc) is 2.95. The number of nitrogens with zero attached hydrogens (tertiary/aromatic N) is 4. The molecule has 128 valence electrons. The Balaban J connectivity index is 1.51. The van der Waals surface area contributed by atoms with Crippen molar-refractivity contribution in [3.8, 4) is 0 Å². The van der Waals surface area contributed by atoms with Gasteiger partial charge in [0.2, 0.25) is 0 Å². The fourth-order valence-corrected chi connectivity index (χ4v) is 2.96. The highest BCUT2D eigenvalue weighted by atomic mass is 16.5. The second-order valence-corrected chi connectivity index (χ2v) is 6.43. The van der Waals surface area contributed by atoms with E-state index in [2.05, 4.69) is 10.3 Å². The van der Waals surface area contributed by atoms with E-state index in [0.717, 1.165) is 24.4 Å². The zero-order valence-corrected chi connectivity index (χ0v) is 13.5. The van der Waals surface area contributed by atoms with Crippen LogP contribution in [0.3, 0.4) is 0 Å². The number of furan rings is 1. The highest BCUT2D eigenvalue weighted by Crippen LogP contribution is 2.30. The summed E-state index contributed by atoms with van der Waals surface area (Å²) >= 11 is 0. The summed E-state index contributed by atoms with van der Waals surface area (Å²) in [5, 5.41) is 17.9. The van der Waals surface area contributed by atoms with E-state index in [1.165, 1.54) is 4.68 Å². The predicted molar refractivity (Wildman–Crippen MR) is 82.2 cm³/mol. The highest BCUT2D eigenvalue weighted by Gasteiger charge is 2.36. The van der Waals surface area contributed by atoms with Crippen molar-refractivity contribution in [1.29, 1.82) is 0 Å². The van der Waals surface area contributed by atoms with Gasteiger partial charge in [0.05, 0.1) is 26.0 Å². The Bertz CT molecular complexity index is 736. The first kappa shape index (κ1) is 15.3. The quantitative estimate of drug-likeness (QED) is 0.875. The monoisotopic (exact) mass is 332 g/mol. The minimum atomic E-state index is -0.625. The van der Waals surface area contributed by atoms with Gasteiger partial charge in [0.25, 0.3) is 5.91 Å². The smallest absolute Gasteiger partial charge is 0.276 e. The molecule has 1 amide bonds. The molecular weight excluding hydrogens is 312 g/mol. The summed E-state index contributed by atoms with van der Waals surface area (Å²) in [6.07, 6.45) is 2.96. The summed E-state index contributed by atoms with van der Waals surface area (Å²) in [5.74, 6) is 1.43. The van der Waals surface area contributed by atoms with Gasteiger partial charge in [-0.05, 0) is 31.9 Å². The number of hydrogen-bond donors (Lipinski definition) is 1. The third-order valence-electron chi connectivity index (χ3n) is 4.46. The third-order valence-corrected chi connectivity index (χ3v) is 4.46. The van der Waals surface area contributed by atoms with E-state index in [-0.39, 0.29) is 30.3 Å². The SMILES string of the molecule is Cc1ccc(CN(C(=O)c2cn([C@@H]3COC[C@H]3O)nn2)C2CC2)o1. The maximum Gasteiger partial charge on any atom is 0.276 e. The van der Waals surface area contributed by atoms with Crippen molar-refractivity contribution in [3.63, 3.8) is 0 Å². The molecule has 4 rings (SSSR count). The fraction of sp³-hybridized carbons (Fsp3) is 0.562. The van der Waals surface area contributed by atoms with E-state index in [1.54, 1.807) is 11.1 Å². The minimum Gasteiger partial charge on any atom is -0.464 e. The molecule has 0 bridgehead atoms. The lowest BCUT2D eigenvalue weighted by molar-refractivity contribution is 0.0710. The molecule has 2 aromatic heterocycles. The van der Waals surface area contributed by atoms with Crippen LogP contribution in [0.1, 0.15) is 40.9 Å². The molecule has 2 atom stereocenters. The van der Waals surface area contributed by atoms with E-state index in [0.29, 0.717) is 13.2 Å². The first-order valence-corrected chi connectivity index (χ1v) is 8.16. The summed E-state index contributed by atoms with van der Waals surface area (Å²) in [6, 6.07) is 3.72. The molecular formula is C16H20N4O4. The van der Waals surface area contributed by atoms with Crippen LogP contribution in [0.15, 0.2) is 22.7 Å². The zero-order chi connectivity index (χ0) is 16.7. The average molecular weight is 332 g/mol. The summed E-state index contributed by atoms with van der Waals surface area (Å²) in [6.45, 7) is 2.96. The number of aliphatic hydroxyl groups is 1. The van der Waals surface area contributed by atoms with Crippen LogP contribution in [-0.4, -0.2) is 56.3 Å². The number of ether oxygens (including phenoxy) is 1. The van der Waals surface area contributed by atoms with Crippen molar-refractivity contribution in [2.24, 2.45) is 0 Å². The Labute approximate surface area is 139 Å². The molecule has 0 unspecified atom stereocenters. The van der Waals surface area contributed by atoms with Gasteiger partial charge in [-0.25, -0.2) is 4.68 Å². The number of hydrogen-bond acceptors (Lipinski definition) is 6. The number of carbonyl (C=O) groups excluding carboxylic acids is 1. The molecule has 1 aliphatic heterocycles. The molecule has 1 N–H and O–H groups in total. The molecule has 2 aromatic rings. The Hall–Kier alpha value is -2.19. The molecule has 1 saturated carbocycles. The van der Waals surface area contributed by atoms with Gasteiger partial charge in [-0.1, -0.05) is 5.21 Å². The first-order valence-electron chi connectivity index (χ1n) is 8.16. The van der Waals surface area contributed by atoms with Crippen LogP contribution in [0, 0.1) is 6.92 Å². The van der Waals surface area contributed by atoms with Crippen LogP contribution < -0.4 is 0 Å². The number of amides is 1. The summed E-state index contributed by atoms with van der Waals surface area (Å²) < 4.78 is 12.3. The molecule has 0 radical (unpaired) electrons. The Morgan fingerprint density at radius 3 is 2.88 bits per heavy atom. The largest absolute Gasteiger partial charge is 0.464 e. The Morgan fingerprint density at radius 2 is 2.25 bits per heavy atom. The fourth-order valence-electron chi connectivity index (χ4n) is 2.96. The van der Waals surface area contributed by atoms with Gasteiger partial charge in [0, 0.05) is 6.04 Å². The predicted octanol–water partition coefficient (Wildman–Crippen LogP) is 0.917. The maximum atomic E-state index is 12.8. The van der Waals surface area contributed by atoms with Gasteiger partial charge in [-0.2, -0.15) is 0 Å². The molecule has 2 aliphatic rings. The van der Waals surface area contributed by atoms with Gasteiger partial charge in [0.15, 0.2) is 5.69 Å². The van der Waals surface area contributed by atoms with Gasteiger partial charge >= 0.3 is 0 Å². The summed E-state index contributed by atoms with van der Waals surface area (Å²) in [7, 11) is 0. The van der Waals surface area contributed by atoms with Crippen molar-refractivity contribution < 1.29 is 19.1 Å². The number of aromatic nitrogens is 3. The third kappa shape index (κ3) is 2.94. The van der Waals surface area contributed by atoms with Crippen LogP contribution in [-0.2, 0) is 11.3 Å². The molecule has 8 nitrogen and oxygen atoms in total. The molecule has 1 aliphatic carbocycles. The number of carbonyl (C=O) groups is 1. The lowest BCUT2D eigenvalue weighted by Crippen LogP contribution is -2.32. The molecule has 3 heterocycles. The van der Waals surface area contributed by atoms with Gasteiger partial charge in [-0.3, -0.25) is 4.79 Å².